The summed E-state index contributed by atoms with van der Waals surface area (Å²) in [7, 11) is 0. The molecule has 3 heterocycles. The van der Waals surface area contributed by atoms with Crippen LogP contribution in [0.15, 0.2) is 48.5 Å². The van der Waals surface area contributed by atoms with Crippen molar-refractivity contribution >= 4 is 0 Å². The molecule has 0 spiro atoms. The summed E-state index contributed by atoms with van der Waals surface area (Å²) in [6, 6.07) is 17.8. The van der Waals surface area contributed by atoms with Crippen molar-refractivity contribution in [2.24, 2.45) is 0 Å². The Bertz CT molecular complexity index is 701. The molecule has 0 saturated carbocycles. The molecular weight excluding hydrogens is 308 g/mol. The van der Waals surface area contributed by atoms with Crippen LogP contribution in [0.5, 0.6) is 0 Å². The molecule has 2 aliphatic rings. The average Bonchev–Trinajstić information content (AvgIpc) is 2.57. The monoisotopic (exact) mass is 336 g/mol. The molecule has 1 N–H and O–H groups in total. The lowest BCUT2D eigenvalue weighted by Crippen LogP contribution is -2.58. The fourth-order valence-electron chi connectivity index (χ4n) is 4.85. The number of fused-ring (bicyclic) bond motifs is 2. The largest absolute Gasteiger partial charge is 0.389 e. The third-order valence-electron chi connectivity index (χ3n) is 5.91. The number of aryl methyl sites for hydroxylation is 1. The number of benzene rings is 1. The van der Waals surface area contributed by atoms with E-state index in [1.807, 2.05) is 19.1 Å². The standard InChI is InChI=1S/C22H28N2O/c1-17-7-5-10-19(23-17)13-22(25)14-20-11-6-12-21(15-22)24(20)16-18-8-3-2-4-9-18/h2-5,7-10,20-21,25H,6,11-16H2,1H3. The van der Waals surface area contributed by atoms with Crippen molar-refractivity contribution in [3.63, 3.8) is 0 Å². The summed E-state index contributed by atoms with van der Waals surface area (Å²) in [4.78, 5) is 7.27. The first-order valence-corrected chi connectivity index (χ1v) is 9.56. The van der Waals surface area contributed by atoms with Crippen molar-refractivity contribution in [2.45, 2.75) is 69.7 Å². The molecule has 0 amide bonds. The van der Waals surface area contributed by atoms with Gasteiger partial charge in [-0.3, -0.25) is 9.88 Å². The molecule has 2 bridgehead atoms. The Labute approximate surface area is 150 Å². The van der Waals surface area contributed by atoms with Crippen LogP contribution in [-0.2, 0) is 13.0 Å². The number of hydrogen-bond acceptors (Lipinski definition) is 3. The number of aliphatic hydroxyl groups is 1. The number of nitrogens with zero attached hydrogens (tertiary/aromatic N) is 2. The van der Waals surface area contributed by atoms with E-state index in [1.54, 1.807) is 0 Å². The molecule has 1 aromatic carbocycles. The maximum atomic E-state index is 11.3. The average molecular weight is 336 g/mol. The van der Waals surface area contributed by atoms with E-state index in [-0.39, 0.29) is 0 Å². The van der Waals surface area contributed by atoms with Gasteiger partial charge in [0.1, 0.15) is 0 Å². The number of hydrogen-bond donors (Lipinski definition) is 1. The predicted molar refractivity (Wildman–Crippen MR) is 100 cm³/mol. The van der Waals surface area contributed by atoms with Crippen molar-refractivity contribution in [1.82, 2.24) is 9.88 Å². The van der Waals surface area contributed by atoms with Gasteiger partial charge in [-0.2, -0.15) is 0 Å². The van der Waals surface area contributed by atoms with Crippen LogP contribution in [-0.4, -0.2) is 32.7 Å². The molecule has 2 unspecified atom stereocenters. The Morgan fingerprint density at radius 2 is 1.76 bits per heavy atom. The van der Waals surface area contributed by atoms with Gasteiger partial charge in [-0.1, -0.05) is 42.8 Å². The van der Waals surface area contributed by atoms with E-state index in [2.05, 4.69) is 46.3 Å². The minimum atomic E-state index is -0.607. The Balaban J connectivity index is 1.50. The van der Waals surface area contributed by atoms with Crippen LogP contribution < -0.4 is 0 Å². The zero-order valence-corrected chi connectivity index (χ0v) is 15.1. The summed E-state index contributed by atoms with van der Waals surface area (Å²) in [6.45, 7) is 3.03. The van der Waals surface area contributed by atoms with Gasteiger partial charge in [-0.05, 0) is 50.3 Å². The van der Waals surface area contributed by atoms with Gasteiger partial charge in [-0.25, -0.2) is 0 Å². The van der Waals surface area contributed by atoms with E-state index < -0.39 is 5.60 Å². The van der Waals surface area contributed by atoms with E-state index in [9.17, 15) is 5.11 Å². The van der Waals surface area contributed by atoms with Gasteiger partial charge in [0.05, 0.1) is 5.60 Å². The van der Waals surface area contributed by atoms with Crippen molar-refractivity contribution in [3.05, 3.63) is 65.5 Å². The first kappa shape index (κ1) is 16.7. The molecule has 2 fully saturated rings. The van der Waals surface area contributed by atoms with Gasteiger partial charge in [0, 0.05) is 36.4 Å². The SMILES string of the molecule is Cc1cccc(CC2(O)CC3CCCC(C2)N3Cc2ccccc2)n1. The molecule has 2 aromatic rings. The number of rotatable bonds is 4. The maximum absolute atomic E-state index is 11.3. The summed E-state index contributed by atoms with van der Waals surface area (Å²) in [5.74, 6) is 0. The van der Waals surface area contributed by atoms with Crippen molar-refractivity contribution in [1.29, 1.82) is 0 Å². The highest BCUT2D eigenvalue weighted by Gasteiger charge is 2.45. The molecule has 3 nitrogen and oxygen atoms in total. The van der Waals surface area contributed by atoms with Gasteiger partial charge in [-0.15, -0.1) is 0 Å². The molecule has 2 aliphatic heterocycles. The minimum Gasteiger partial charge on any atom is -0.389 e. The minimum absolute atomic E-state index is 0.488. The van der Waals surface area contributed by atoms with Gasteiger partial charge < -0.3 is 5.11 Å². The van der Waals surface area contributed by atoms with Gasteiger partial charge in [0.25, 0.3) is 0 Å². The van der Waals surface area contributed by atoms with Crippen LogP contribution in [0.2, 0.25) is 0 Å². The van der Waals surface area contributed by atoms with Gasteiger partial charge in [0.2, 0.25) is 0 Å². The van der Waals surface area contributed by atoms with Gasteiger partial charge >= 0.3 is 0 Å². The second-order valence-electron chi connectivity index (χ2n) is 7.98. The first-order valence-electron chi connectivity index (χ1n) is 9.56. The second-order valence-corrected chi connectivity index (χ2v) is 7.98. The summed E-state index contributed by atoms with van der Waals surface area (Å²) in [5.41, 5.74) is 2.83. The van der Waals surface area contributed by atoms with Crippen molar-refractivity contribution in [2.75, 3.05) is 0 Å². The Kier molecular flexibility index (Phi) is 4.61. The Hall–Kier alpha value is -1.71. The lowest BCUT2D eigenvalue weighted by atomic mass is 9.73. The molecule has 0 aliphatic carbocycles. The molecule has 2 atom stereocenters. The summed E-state index contributed by atoms with van der Waals surface area (Å²) in [5, 5.41) is 11.3. The molecule has 2 saturated heterocycles. The predicted octanol–water partition coefficient (Wildman–Crippen LogP) is 3.88. The van der Waals surface area contributed by atoms with Crippen LogP contribution in [0.1, 0.15) is 49.1 Å². The molecule has 132 valence electrons. The third kappa shape index (κ3) is 3.78. The molecule has 3 heteroatoms. The normalized spacial score (nSPS) is 29.5. The van der Waals surface area contributed by atoms with Crippen LogP contribution >= 0.6 is 0 Å². The smallest absolute Gasteiger partial charge is 0.0732 e. The fourth-order valence-corrected chi connectivity index (χ4v) is 4.85. The van der Waals surface area contributed by atoms with E-state index in [1.165, 1.54) is 24.8 Å². The maximum Gasteiger partial charge on any atom is 0.0732 e. The highest BCUT2D eigenvalue weighted by Crippen LogP contribution is 2.41. The quantitative estimate of drug-likeness (QED) is 0.920. The van der Waals surface area contributed by atoms with Crippen LogP contribution in [0, 0.1) is 6.92 Å². The lowest BCUT2D eigenvalue weighted by molar-refractivity contribution is -0.0950. The summed E-state index contributed by atoms with van der Waals surface area (Å²) < 4.78 is 0. The fraction of sp³-hybridized carbons (Fsp3) is 0.500. The van der Waals surface area contributed by atoms with Crippen LogP contribution in [0.25, 0.3) is 0 Å². The van der Waals surface area contributed by atoms with E-state index in [4.69, 9.17) is 0 Å². The van der Waals surface area contributed by atoms with Crippen molar-refractivity contribution in [3.8, 4) is 0 Å². The third-order valence-corrected chi connectivity index (χ3v) is 5.91. The molecule has 25 heavy (non-hydrogen) atoms. The van der Waals surface area contributed by atoms with Crippen LogP contribution in [0.4, 0.5) is 0 Å². The van der Waals surface area contributed by atoms with E-state index in [0.29, 0.717) is 18.5 Å². The number of piperidine rings is 2. The number of pyridine rings is 1. The van der Waals surface area contributed by atoms with Gasteiger partial charge in [0.15, 0.2) is 0 Å². The zero-order valence-electron chi connectivity index (χ0n) is 15.1. The van der Waals surface area contributed by atoms with E-state index >= 15 is 0 Å². The van der Waals surface area contributed by atoms with Crippen LogP contribution in [0.3, 0.4) is 0 Å². The first-order chi connectivity index (χ1) is 12.1. The Morgan fingerprint density at radius 3 is 2.44 bits per heavy atom. The van der Waals surface area contributed by atoms with Crippen molar-refractivity contribution < 1.29 is 5.11 Å². The Morgan fingerprint density at radius 1 is 1.04 bits per heavy atom. The molecule has 0 radical (unpaired) electrons. The lowest BCUT2D eigenvalue weighted by Gasteiger charge is -2.52. The molecular formula is C22H28N2O. The number of aromatic nitrogens is 1. The topological polar surface area (TPSA) is 36.4 Å². The highest BCUT2D eigenvalue weighted by molar-refractivity contribution is 5.17. The highest BCUT2D eigenvalue weighted by atomic mass is 16.3. The summed E-state index contributed by atoms with van der Waals surface area (Å²) >= 11 is 0. The second kappa shape index (κ2) is 6.89. The molecule has 4 rings (SSSR count). The van der Waals surface area contributed by atoms with E-state index in [0.717, 1.165) is 30.8 Å². The summed E-state index contributed by atoms with van der Waals surface area (Å²) in [6.07, 6.45) is 6.11. The zero-order chi connectivity index (χ0) is 17.3. The molecule has 1 aromatic heterocycles.